The number of imidazole rings is 1. The summed E-state index contributed by atoms with van der Waals surface area (Å²) in [4.78, 5) is 13.4. The first-order chi connectivity index (χ1) is 9.38. The minimum atomic E-state index is 0.770. The molecule has 5 heteroatoms. The summed E-state index contributed by atoms with van der Waals surface area (Å²) >= 11 is 0. The van der Waals surface area contributed by atoms with Gasteiger partial charge in [0, 0.05) is 12.2 Å². The molecule has 0 atom stereocenters. The fourth-order valence-corrected chi connectivity index (χ4v) is 2.48. The molecule has 3 rings (SSSR count). The topological polar surface area (TPSA) is 55.6 Å². The number of rotatable bonds is 4. The van der Waals surface area contributed by atoms with Crippen LogP contribution in [0.5, 0.6) is 0 Å². The number of hydrogen-bond donors (Lipinski definition) is 1. The molecule has 0 amide bonds. The van der Waals surface area contributed by atoms with Crippen molar-refractivity contribution < 1.29 is 0 Å². The number of fused-ring (bicyclic) bond motifs is 1. The van der Waals surface area contributed by atoms with Gasteiger partial charge in [-0.1, -0.05) is 6.92 Å². The van der Waals surface area contributed by atoms with Crippen LogP contribution in [0.15, 0.2) is 18.7 Å². The van der Waals surface area contributed by atoms with Gasteiger partial charge in [0.15, 0.2) is 5.82 Å². The van der Waals surface area contributed by atoms with Gasteiger partial charge >= 0.3 is 0 Å². The molecule has 2 aromatic heterocycles. The number of hydrogen-bond acceptors (Lipinski definition) is 4. The summed E-state index contributed by atoms with van der Waals surface area (Å²) < 4.78 is 2.08. The molecule has 5 nitrogen and oxygen atoms in total. The molecule has 2 aromatic rings. The monoisotopic (exact) mass is 257 g/mol. The standard InChI is InChI=1S/C14H19N5/c1-2-15-7-11-8-17-14(9-16-11)19-10-18-12-5-3-4-6-13(12)19/h8-10,15H,2-7H2,1H3. The maximum Gasteiger partial charge on any atom is 0.156 e. The molecule has 0 aliphatic heterocycles. The zero-order valence-corrected chi connectivity index (χ0v) is 11.3. The van der Waals surface area contributed by atoms with Gasteiger partial charge in [-0.3, -0.25) is 9.55 Å². The summed E-state index contributed by atoms with van der Waals surface area (Å²) in [6.07, 6.45) is 10.2. The molecule has 1 N–H and O–H groups in total. The molecule has 0 saturated carbocycles. The van der Waals surface area contributed by atoms with Crippen molar-refractivity contribution >= 4 is 0 Å². The van der Waals surface area contributed by atoms with E-state index < -0.39 is 0 Å². The first-order valence-electron chi connectivity index (χ1n) is 6.95. The van der Waals surface area contributed by atoms with Gasteiger partial charge in [0.05, 0.1) is 23.8 Å². The van der Waals surface area contributed by atoms with Crippen LogP contribution in [0, 0.1) is 0 Å². The third kappa shape index (κ3) is 2.51. The van der Waals surface area contributed by atoms with Crippen LogP contribution in [0.1, 0.15) is 36.8 Å². The lowest BCUT2D eigenvalue weighted by Gasteiger charge is -2.13. The maximum absolute atomic E-state index is 4.50. The average Bonchev–Trinajstić information content (AvgIpc) is 2.90. The van der Waals surface area contributed by atoms with Crippen LogP contribution in [-0.2, 0) is 19.4 Å². The van der Waals surface area contributed by atoms with Crippen molar-refractivity contribution in [1.82, 2.24) is 24.8 Å². The van der Waals surface area contributed by atoms with E-state index in [0.717, 1.165) is 37.4 Å². The Labute approximate surface area is 113 Å². The predicted octanol–water partition coefficient (Wildman–Crippen LogP) is 1.65. The van der Waals surface area contributed by atoms with Gasteiger partial charge in [0.1, 0.15) is 6.33 Å². The summed E-state index contributed by atoms with van der Waals surface area (Å²) in [5.41, 5.74) is 3.50. The molecule has 19 heavy (non-hydrogen) atoms. The van der Waals surface area contributed by atoms with Crippen molar-refractivity contribution in [3.63, 3.8) is 0 Å². The zero-order valence-electron chi connectivity index (χ0n) is 11.3. The van der Waals surface area contributed by atoms with Crippen LogP contribution in [0.25, 0.3) is 5.82 Å². The van der Waals surface area contributed by atoms with E-state index in [1.807, 2.05) is 18.7 Å². The Balaban J connectivity index is 1.84. The van der Waals surface area contributed by atoms with Crippen LogP contribution in [0.4, 0.5) is 0 Å². The highest BCUT2D eigenvalue weighted by molar-refractivity contribution is 5.28. The molecule has 0 aromatic carbocycles. The van der Waals surface area contributed by atoms with Crippen molar-refractivity contribution in [2.75, 3.05) is 6.54 Å². The van der Waals surface area contributed by atoms with E-state index in [-0.39, 0.29) is 0 Å². The molecule has 0 unspecified atom stereocenters. The van der Waals surface area contributed by atoms with Crippen LogP contribution in [0.2, 0.25) is 0 Å². The minimum absolute atomic E-state index is 0.770. The zero-order chi connectivity index (χ0) is 13.1. The van der Waals surface area contributed by atoms with Gasteiger partial charge in [0.2, 0.25) is 0 Å². The second-order valence-corrected chi connectivity index (χ2v) is 4.86. The van der Waals surface area contributed by atoms with Gasteiger partial charge in [0.25, 0.3) is 0 Å². The smallest absolute Gasteiger partial charge is 0.156 e. The van der Waals surface area contributed by atoms with Crippen molar-refractivity contribution in [1.29, 1.82) is 0 Å². The molecule has 1 aliphatic rings. The summed E-state index contributed by atoms with van der Waals surface area (Å²) in [7, 11) is 0. The van der Waals surface area contributed by atoms with E-state index in [1.165, 1.54) is 24.2 Å². The van der Waals surface area contributed by atoms with Crippen LogP contribution < -0.4 is 5.32 Å². The van der Waals surface area contributed by atoms with Gasteiger partial charge < -0.3 is 5.32 Å². The van der Waals surface area contributed by atoms with E-state index in [1.54, 1.807) is 0 Å². The third-order valence-electron chi connectivity index (χ3n) is 3.52. The maximum atomic E-state index is 4.50. The molecule has 0 radical (unpaired) electrons. The number of aromatic nitrogens is 4. The normalized spacial score (nSPS) is 14.4. The Hall–Kier alpha value is -1.75. The molecule has 100 valence electrons. The lowest BCUT2D eigenvalue weighted by molar-refractivity contribution is 0.653. The Morgan fingerprint density at radius 2 is 2.05 bits per heavy atom. The number of nitrogens with one attached hydrogen (secondary N) is 1. The lowest BCUT2D eigenvalue weighted by Crippen LogP contribution is -2.14. The minimum Gasteiger partial charge on any atom is -0.311 e. The van der Waals surface area contributed by atoms with E-state index in [2.05, 4.69) is 31.8 Å². The molecule has 0 saturated heterocycles. The van der Waals surface area contributed by atoms with Crippen molar-refractivity contribution in [2.24, 2.45) is 0 Å². The number of nitrogens with zero attached hydrogens (tertiary/aromatic N) is 4. The van der Waals surface area contributed by atoms with E-state index in [9.17, 15) is 0 Å². The van der Waals surface area contributed by atoms with Gasteiger partial charge in [-0.15, -0.1) is 0 Å². The van der Waals surface area contributed by atoms with E-state index in [4.69, 9.17) is 0 Å². The van der Waals surface area contributed by atoms with Crippen molar-refractivity contribution in [2.45, 2.75) is 39.2 Å². The molecule has 1 aliphatic carbocycles. The van der Waals surface area contributed by atoms with E-state index >= 15 is 0 Å². The highest BCUT2D eigenvalue weighted by Gasteiger charge is 2.16. The summed E-state index contributed by atoms with van der Waals surface area (Å²) in [6.45, 7) is 3.80. The Bertz CT molecular complexity index is 543. The van der Waals surface area contributed by atoms with Gasteiger partial charge in [-0.05, 0) is 32.2 Å². The number of aryl methyl sites for hydroxylation is 1. The summed E-state index contributed by atoms with van der Waals surface area (Å²) in [5, 5.41) is 3.25. The highest BCUT2D eigenvalue weighted by atomic mass is 15.1. The van der Waals surface area contributed by atoms with Crippen molar-refractivity contribution in [3.8, 4) is 5.82 Å². The lowest BCUT2D eigenvalue weighted by atomic mass is 10.0. The molecule has 0 fully saturated rings. The summed E-state index contributed by atoms with van der Waals surface area (Å²) in [6, 6.07) is 0. The highest BCUT2D eigenvalue weighted by Crippen LogP contribution is 2.21. The second kappa shape index (κ2) is 5.48. The van der Waals surface area contributed by atoms with Crippen molar-refractivity contribution in [3.05, 3.63) is 35.8 Å². The predicted molar refractivity (Wildman–Crippen MR) is 73.2 cm³/mol. The van der Waals surface area contributed by atoms with Crippen LogP contribution in [0.3, 0.4) is 0 Å². The second-order valence-electron chi connectivity index (χ2n) is 4.86. The quantitative estimate of drug-likeness (QED) is 0.905. The molecular weight excluding hydrogens is 238 g/mol. The average molecular weight is 257 g/mol. The fraction of sp³-hybridized carbons (Fsp3) is 0.500. The Morgan fingerprint density at radius 1 is 1.16 bits per heavy atom. The Morgan fingerprint density at radius 3 is 2.84 bits per heavy atom. The van der Waals surface area contributed by atoms with Gasteiger partial charge in [-0.2, -0.15) is 0 Å². The molecule has 0 spiro atoms. The Kier molecular flexibility index (Phi) is 3.55. The first-order valence-corrected chi connectivity index (χ1v) is 6.95. The third-order valence-corrected chi connectivity index (χ3v) is 3.52. The molecule has 0 bridgehead atoms. The summed E-state index contributed by atoms with van der Waals surface area (Å²) in [5.74, 6) is 0.871. The molecule has 2 heterocycles. The fourth-order valence-electron chi connectivity index (χ4n) is 2.48. The van der Waals surface area contributed by atoms with Gasteiger partial charge in [-0.25, -0.2) is 9.97 Å². The van der Waals surface area contributed by atoms with Crippen LogP contribution >= 0.6 is 0 Å². The van der Waals surface area contributed by atoms with E-state index in [0.29, 0.717) is 0 Å². The first kappa shape index (κ1) is 12.3. The molecular formula is C14H19N5. The van der Waals surface area contributed by atoms with Crippen LogP contribution in [-0.4, -0.2) is 26.1 Å². The SMILES string of the molecule is CCNCc1cnc(-n2cnc3c2CCCC3)cn1. The largest absolute Gasteiger partial charge is 0.311 e.